The molecule has 4 N–H and O–H groups in total. The van der Waals surface area contributed by atoms with Crippen molar-refractivity contribution in [1.29, 1.82) is 0 Å². The normalized spacial score (nSPS) is 17.2. The SMILES string of the molecule is C=CC1CCCN1C(=O)C(NC(=O)NC(CC)(CCC)CS(=O)CCC(C)C)C1CCCCC1.C=CCNC(=O)C(=O)C(CC(C)CCC)NC=O.CC.CC.CC.CC. The van der Waals surface area contributed by atoms with Crippen LogP contribution >= 0.6 is 0 Å². The number of nitrogens with zero attached hydrogens (tertiary/aromatic N) is 1. The zero-order valence-corrected chi connectivity index (χ0v) is 42.0. The van der Waals surface area contributed by atoms with Gasteiger partial charge >= 0.3 is 6.03 Å². The van der Waals surface area contributed by atoms with Crippen molar-refractivity contribution in [3.8, 4) is 0 Å². The molecule has 60 heavy (non-hydrogen) atoms. The Morgan fingerprint density at radius 1 is 0.850 bits per heavy atom. The molecule has 1 aliphatic carbocycles. The number of hydrogen-bond acceptors (Lipinski definition) is 6. The van der Waals surface area contributed by atoms with Crippen LogP contribution in [0.2, 0.25) is 0 Å². The molecule has 0 aromatic heterocycles. The van der Waals surface area contributed by atoms with Crippen molar-refractivity contribution in [3.05, 3.63) is 25.3 Å². The lowest BCUT2D eigenvalue weighted by molar-refractivity contribution is -0.139. The van der Waals surface area contributed by atoms with Crippen LogP contribution in [-0.2, 0) is 30.0 Å². The molecular formula is C48H95N5O6S. The summed E-state index contributed by atoms with van der Waals surface area (Å²) in [6.45, 7) is 36.8. The van der Waals surface area contributed by atoms with Gasteiger partial charge in [0.2, 0.25) is 18.1 Å². The number of ketones is 1. The van der Waals surface area contributed by atoms with Gasteiger partial charge in [-0.05, 0) is 69.1 Å². The van der Waals surface area contributed by atoms with Crippen LogP contribution in [-0.4, -0.2) is 87.4 Å². The summed E-state index contributed by atoms with van der Waals surface area (Å²) in [4.78, 5) is 62.7. The fraction of sp³-hybridized carbons (Fsp3) is 0.812. The van der Waals surface area contributed by atoms with Gasteiger partial charge in [-0.2, -0.15) is 0 Å². The highest BCUT2D eigenvalue weighted by molar-refractivity contribution is 7.85. The lowest BCUT2D eigenvalue weighted by Crippen LogP contribution is -2.60. The van der Waals surface area contributed by atoms with Crippen LogP contribution in [0.4, 0.5) is 4.79 Å². The maximum atomic E-state index is 13.6. The third-order valence-electron chi connectivity index (χ3n) is 10.3. The first-order valence-electron chi connectivity index (χ1n) is 23.8. The molecule has 1 saturated heterocycles. The van der Waals surface area contributed by atoms with E-state index in [9.17, 15) is 28.2 Å². The Balaban J connectivity index is -0.000000510. The summed E-state index contributed by atoms with van der Waals surface area (Å²) in [6.07, 6.45) is 16.8. The zero-order chi connectivity index (χ0) is 47.1. The molecule has 1 heterocycles. The summed E-state index contributed by atoms with van der Waals surface area (Å²) in [7, 11) is -0.990. The molecule has 5 amide bonds. The monoisotopic (exact) mass is 870 g/mol. The number of urea groups is 1. The number of hydrogen-bond donors (Lipinski definition) is 4. The van der Waals surface area contributed by atoms with E-state index in [1.54, 1.807) is 0 Å². The van der Waals surface area contributed by atoms with Gasteiger partial charge in [-0.1, -0.05) is 148 Å². The summed E-state index contributed by atoms with van der Waals surface area (Å²) in [6, 6.07) is -1.49. The molecule has 12 heteroatoms. The van der Waals surface area contributed by atoms with Gasteiger partial charge in [0, 0.05) is 41.4 Å². The second-order valence-electron chi connectivity index (χ2n) is 15.1. The maximum absolute atomic E-state index is 13.6. The molecule has 2 rings (SSSR count). The predicted molar refractivity (Wildman–Crippen MR) is 258 cm³/mol. The molecular weight excluding hydrogens is 775 g/mol. The van der Waals surface area contributed by atoms with E-state index in [-0.39, 0.29) is 36.4 Å². The van der Waals surface area contributed by atoms with Crippen molar-refractivity contribution in [2.24, 2.45) is 17.8 Å². The highest BCUT2D eigenvalue weighted by atomic mass is 32.2. The third-order valence-corrected chi connectivity index (χ3v) is 11.9. The highest BCUT2D eigenvalue weighted by Gasteiger charge is 2.39. The van der Waals surface area contributed by atoms with Gasteiger partial charge in [-0.25, -0.2) is 4.79 Å². The smallest absolute Gasteiger partial charge is 0.315 e. The second-order valence-corrected chi connectivity index (χ2v) is 16.7. The first-order valence-corrected chi connectivity index (χ1v) is 25.3. The molecule has 0 bridgehead atoms. The number of nitrogens with one attached hydrogen (secondary N) is 4. The minimum Gasteiger partial charge on any atom is -0.348 e. The third kappa shape index (κ3) is 27.0. The molecule has 6 atom stereocenters. The highest BCUT2D eigenvalue weighted by Crippen LogP contribution is 2.30. The van der Waals surface area contributed by atoms with E-state index in [0.29, 0.717) is 36.7 Å². The van der Waals surface area contributed by atoms with Gasteiger partial charge in [0.25, 0.3) is 5.91 Å². The number of amides is 5. The van der Waals surface area contributed by atoms with Crippen LogP contribution in [0.25, 0.3) is 0 Å². The largest absolute Gasteiger partial charge is 0.348 e. The van der Waals surface area contributed by atoms with Crippen LogP contribution in [0.1, 0.15) is 187 Å². The fourth-order valence-corrected chi connectivity index (χ4v) is 9.19. The maximum Gasteiger partial charge on any atom is 0.315 e. The van der Waals surface area contributed by atoms with E-state index in [4.69, 9.17) is 0 Å². The molecule has 0 aromatic carbocycles. The lowest BCUT2D eigenvalue weighted by atomic mass is 9.83. The standard InChI is InChI=1S/C27H49N3O3S.C13H22N2O3.4C2H6/c1-6-17-27(8-3,20-34(33)19-16-21(4)5)29-26(32)28-24(22-13-10-9-11-14-22)25(31)30-18-12-15-23(30)7-2;1-4-6-10(3)8-11(15-9-16)12(17)13(18)14-7-5-2;4*1-2/h7,21-24H,2,6,8-20H2,1,3-5H3,(H2,28,29,32);5,9-11H,2,4,6-8H2,1,3H3,(H,14,18)(H,15,16);4*1-2H3. The number of likely N-dealkylation sites (tertiary alicyclic amines) is 1. The van der Waals surface area contributed by atoms with Crippen LogP contribution in [0.5, 0.6) is 0 Å². The molecule has 2 aliphatic rings. The van der Waals surface area contributed by atoms with Crippen molar-refractivity contribution in [2.45, 2.75) is 210 Å². The topological polar surface area (TPSA) is 154 Å². The van der Waals surface area contributed by atoms with Gasteiger partial charge in [0.05, 0.1) is 11.6 Å². The van der Waals surface area contributed by atoms with E-state index >= 15 is 0 Å². The molecule has 0 spiro atoms. The number of carbonyl (C=O) groups is 5. The zero-order valence-electron chi connectivity index (χ0n) is 41.1. The van der Waals surface area contributed by atoms with Gasteiger partial charge in [0.15, 0.2) is 0 Å². The minimum absolute atomic E-state index is 0.0301. The number of carbonyl (C=O) groups excluding carboxylic acids is 5. The Bertz CT molecular complexity index is 1160. The second kappa shape index (κ2) is 41.3. The molecule has 1 saturated carbocycles. The van der Waals surface area contributed by atoms with Crippen LogP contribution < -0.4 is 21.3 Å². The number of Topliss-reactive ketones (excluding diaryl/α,β-unsaturated/α-hetero) is 1. The Morgan fingerprint density at radius 3 is 1.93 bits per heavy atom. The molecule has 6 unspecified atom stereocenters. The quantitative estimate of drug-likeness (QED) is 0.0456. The van der Waals surface area contributed by atoms with E-state index < -0.39 is 40.1 Å². The molecule has 11 nitrogen and oxygen atoms in total. The molecule has 0 radical (unpaired) electrons. The Kier molecular flexibility index (Phi) is 43.8. The summed E-state index contributed by atoms with van der Waals surface area (Å²) < 4.78 is 12.9. The molecule has 0 aromatic rings. The summed E-state index contributed by atoms with van der Waals surface area (Å²) in [5.74, 6) is 0.823. The van der Waals surface area contributed by atoms with Crippen molar-refractivity contribution >= 4 is 40.8 Å². The predicted octanol–water partition coefficient (Wildman–Crippen LogP) is 10.1. The van der Waals surface area contributed by atoms with Gasteiger partial charge < -0.3 is 26.2 Å². The Morgan fingerprint density at radius 2 is 1.45 bits per heavy atom. The van der Waals surface area contributed by atoms with Crippen molar-refractivity contribution in [3.63, 3.8) is 0 Å². The minimum atomic E-state index is -0.990. The van der Waals surface area contributed by atoms with Gasteiger partial charge in [-0.15, -0.1) is 13.2 Å². The van der Waals surface area contributed by atoms with E-state index in [2.05, 4.69) is 69.0 Å². The summed E-state index contributed by atoms with van der Waals surface area (Å²) >= 11 is 0. The van der Waals surface area contributed by atoms with Crippen molar-refractivity contribution in [1.82, 2.24) is 26.2 Å². The first-order chi connectivity index (χ1) is 28.8. The first kappa shape index (κ1) is 63.6. The van der Waals surface area contributed by atoms with Crippen LogP contribution in [0, 0.1) is 17.8 Å². The van der Waals surface area contributed by atoms with E-state index in [1.807, 2.05) is 73.3 Å². The van der Waals surface area contributed by atoms with E-state index in [1.165, 1.54) is 12.5 Å². The van der Waals surface area contributed by atoms with Crippen LogP contribution in [0.3, 0.4) is 0 Å². The average Bonchev–Trinajstić information content (AvgIpc) is 3.76. The summed E-state index contributed by atoms with van der Waals surface area (Å²) in [5, 5.41) is 11.1. The Hall–Kier alpha value is -3.02. The van der Waals surface area contributed by atoms with Crippen molar-refractivity contribution in [2.75, 3.05) is 24.6 Å². The van der Waals surface area contributed by atoms with E-state index in [0.717, 1.165) is 77.2 Å². The molecule has 354 valence electrons. The van der Waals surface area contributed by atoms with Crippen LogP contribution in [0.15, 0.2) is 25.3 Å². The summed E-state index contributed by atoms with van der Waals surface area (Å²) in [5.41, 5.74) is -0.516. The van der Waals surface area contributed by atoms with Crippen molar-refractivity contribution < 1.29 is 28.2 Å². The average molecular weight is 870 g/mol. The molecule has 2 fully saturated rings. The van der Waals surface area contributed by atoms with Gasteiger partial charge in [-0.3, -0.25) is 23.4 Å². The Labute approximate surface area is 372 Å². The fourth-order valence-electron chi connectivity index (χ4n) is 7.28. The van der Waals surface area contributed by atoms with Gasteiger partial charge in [0.1, 0.15) is 6.04 Å². The lowest BCUT2D eigenvalue weighted by Gasteiger charge is -2.37. The number of rotatable bonds is 23. The molecule has 1 aliphatic heterocycles.